The normalized spacial score (nSPS) is 21.9. The molecule has 0 aromatic heterocycles. The number of hydrogen-bond acceptors (Lipinski definition) is 4. The number of ether oxygens (including phenoxy) is 1. The third kappa shape index (κ3) is 4.05. The van der Waals surface area contributed by atoms with Crippen LogP contribution in [0, 0.1) is 0 Å². The lowest BCUT2D eigenvalue weighted by Crippen LogP contribution is -2.58. The number of carbonyl (C=O) groups excluding carboxylic acids is 1. The van der Waals surface area contributed by atoms with Gasteiger partial charge in [-0.1, -0.05) is 6.58 Å². The van der Waals surface area contributed by atoms with Gasteiger partial charge in [-0.05, 0) is 53.9 Å². The number of nitrogens with zero attached hydrogens (tertiary/aromatic N) is 1. The van der Waals surface area contributed by atoms with Gasteiger partial charge in [0.15, 0.2) is 0 Å². The summed E-state index contributed by atoms with van der Waals surface area (Å²) in [6, 6.07) is 0. The van der Waals surface area contributed by atoms with Crippen molar-refractivity contribution in [3.8, 4) is 0 Å². The number of carbonyl (C=O) groups is 1. The van der Waals surface area contributed by atoms with Gasteiger partial charge in [-0.25, -0.2) is 4.79 Å². The Labute approximate surface area is 116 Å². The minimum absolute atomic E-state index is 0.0311. The van der Waals surface area contributed by atoms with E-state index in [0.717, 1.165) is 12.8 Å². The smallest absolute Gasteiger partial charge is 0.335 e. The first-order valence-electron chi connectivity index (χ1n) is 6.99. The number of hydrogen-bond donors (Lipinski definition) is 0. The van der Waals surface area contributed by atoms with Gasteiger partial charge in [0.1, 0.15) is 6.61 Å². The molecule has 0 spiro atoms. The second-order valence-electron chi connectivity index (χ2n) is 6.37. The van der Waals surface area contributed by atoms with E-state index >= 15 is 0 Å². The molecule has 0 atom stereocenters. The van der Waals surface area contributed by atoms with E-state index in [-0.39, 0.29) is 23.7 Å². The van der Waals surface area contributed by atoms with E-state index < -0.39 is 0 Å². The maximum Gasteiger partial charge on any atom is 0.335 e. The summed E-state index contributed by atoms with van der Waals surface area (Å²) in [5, 5.41) is 2.02. The summed E-state index contributed by atoms with van der Waals surface area (Å²) in [5.41, 5.74) is 0.298. The van der Waals surface area contributed by atoms with Crippen LogP contribution in [0.1, 0.15) is 53.9 Å². The minimum Gasteiger partial charge on any atom is -0.463 e. The summed E-state index contributed by atoms with van der Waals surface area (Å²) in [5.74, 6) is -0.380. The molecule has 4 nitrogen and oxygen atoms in total. The van der Waals surface area contributed by atoms with Gasteiger partial charge in [0.25, 0.3) is 0 Å². The lowest BCUT2D eigenvalue weighted by atomic mass is 9.82. The maximum atomic E-state index is 11.5. The van der Waals surface area contributed by atoms with Gasteiger partial charge in [0.05, 0.1) is 12.2 Å². The number of hydroxylamine groups is 2. The largest absolute Gasteiger partial charge is 0.463 e. The molecule has 0 aromatic carbocycles. The molecule has 0 N–H and O–H groups in total. The molecule has 1 saturated heterocycles. The number of rotatable bonds is 5. The van der Waals surface area contributed by atoms with Crippen molar-refractivity contribution in [1.29, 1.82) is 0 Å². The Balaban J connectivity index is 2.63. The Kier molecular flexibility index (Phi) is 5.16. The fourth-order valence-electron chi connectivity index (χ4n) is 2.76. The molecule has 19 heavy (non-hydrogen) atoms. The van der Waals surface area contributed by atoms with Crippen molar-refractivity contribution in [3.05, 3.63) is 12.2 Å². The van der Waals surface area contributed by atoms with Gasteiger partial charge in [-0.2, -0.15) is 5.06 Å². The first kappa shape index (κ1) is 16.2. The van der Waals surface area contributed by atoms with Crippen LogP contribution in [0.5, 0.6) is 0 Å². The average molecular weight is 269 g/mol. The summed E-state index contributed by atoms with van der Waals surface area (Å²) < 4.78 is 4.91. The van der Waals surface area contributed by atoms with Crippen LogP contribution in [0.25, 0.3) is 0 Å². The van der Waals surface area contributed by atoms with Crippen molar-refractivity contribution in [3.63, 3.8) is 0 Å². The molecule has 1 heterocycles. The Morgan fingerprint density at radius 2 is 1.74 bits per heavy atom. The zero-order chi connectivity index (χ0) is 14.7. The molecular weight excluding hydrogens is 242 g/mol. The third-order valence-corrected chi connectivity index (χ3v) is 3.61. The standard InChI is InChI=1S/C15H27NO3/c1-7-18-13(17)12(2)11-19-16-14(3,4)9-8-10-15(16,5)6/h2,7-11H2,1,3-6H3. The van der Waals surface area contributed by atoms with Crippen LogP contribution in [-0.2, 0) is 14.4 Å². The number of piperidine rings is 1. The molecule has 1 aliphatic heterocycles. The second kappa shape index (κ2) is 6.06. The van der Waals surface area contributed by atoms with Crippen molar-refractivity contribution in [2.45, 2.75) is 65.0 Å². The molecule has 0 unspecified atom stereocenters. The van der Waals surface area contributed by atoms with E-state index in [1.807, 2.05) is 5.06 Å². The molecular formula is C15H27NO3. The second-order valence-corrected chi connectivity index (χ2v) is 6.37. The zero-order valence-electron chi connectivity index (χ0n) is 12.9. The minimum atomic E-state index is -0.380. The zero-order valence-corrected chi connectivity index (χ0v) is 12.9. The van der Waals surface area contributed by atoms with E-state index in [2.05, 4.69) is 34.3 Å². The van der Waals surface area contributed by atoms with E-state index in [0.29, 0.717) is 12.2 Å². The molecule has 110 valence electrons. The quantitative estimate of drug-likeness (QED) is 0.568. The van der Waals surface area contributed by atoms with Crippen LogP contribution in [0.3, 0.4) is 0 Å². The fourth-order valence-corrected chi connectivity index (χ4v) is 2.76. The van der Waals surface area contributed by atoms with Gasteiger partial charge < -0.3 is 4.74 Å². The monoisotopic (exact) mass is 269 g/mol. The Morgan fingerprint density at radius 3 is 2.21 bits per heavy atom. The molecule has 0 bridgehead atoms. The van der Waals surface area contributed by atoms with Crippen molar-refractivity contribution < 1.29 is 14.4 Å². The van der Waals surface area contributed by atoms with Crippen LogP contribution >= 0.6 is 0 Å². The average Bonchev–Trinajstić information content (AvgIpc) is 2.26. The predicted molar refractivity (Wildman–Crippen MR) is 75.6 cm³/mol. The van der Waals surface area contributed by atoms with Crippen LogP contribution < -0.4 is 0 Å². The highest BCUT2D eigenvalue weighted by atomic mass is 16.7. The van der Waals surface area contributed by atoms with E-state index in [1.54, 1.807) is 6.92 Å². The van der Waals surface area contributed by atoms with E-state index in [4.69, 9.17) is 9.57 Å². The maximum absolute atomic E-state index is 11.5. The van der Waals surface area contributed by atoms with Crippen molar-refractivity contribution in [1.82, 2.24) is 5.06 Å². The molecule has 0 saturated carbocycles. The van der Waals surface area contributed by atoms with Gasteiger partial charge in [-0.15, -0.1) is 0 Å². The fraction of sp³-hybridized carbons (Fsp3) is 0.800. The van der Waals surface area contributed by atoms with E-state index in [1.165, 1.54) is 6.42 Å². The Morgan fingerprint density at radius 1 is 1.21 bits per heavy atom. The highest BCUT2D eigenvalue weighted by molar-refractivity contribution is 5.87. The van der Waals surface area contributed by atoms with Gasteiger partial charge >= 0.3 is 5.97 Å². The highest BCUT2D eigenvalue weighted by Gasteiger charge is 2.42. The summed E-state index contributed by atoms with van der Waals surface area (Å²) in [7, 11) is 0. The summed E-state index contributed by atoms with van der Waals surface area (Å²) in [6.45, 7) is 14.7. The molecule has 0 aliphatic carbocycles. The van der Waals surface area contributed by atoms with Crippen LogP contribution in [0.15, 0.2) is 12.2 Å². The summed E-state index contributed by atoms with van der Waals surface area (Å²) >= 11 is 0. The first-order chi connectivity index (χ1) is 8.70. The Hall–Kier alpha value is -0.870. The van der Waals surface area contributed by atoms with Crippen LogP contribution in [0.2, 0.25) is 0 Å². The molecule has 1 aliphatic rings. The first-order valence-corrected chi connectivity index (χ1v) is 6.99. The number of esters is 1. The van der Waals surface area contributed by atoms with Crippen molar-refractivity contribution >= 4 is 5.97 Å². The molecule has 1 fully saturated rings. The summed E-state index contributed by atoms with van der Waals surface area (Å²) in [4.78, 5) is 17.4. The van der Waals surface area contributed by atoms with Crippen LogP contribution in [-0.4, -0.2) is 35.3 Å². The van der Waals surface area contributed by atoms with Gasteiger partial charge in [0.2, 0.25) is 0 Å². The predicted octanol–water partition coefficient (Wildman–Crippen LogP) is 3.08. The lowest BCUT2D eigenvalue weighted by Gasteiger charge is -2.51. The van der Waals surface area contributed by atoms with Crippen LogP contribution in [0.4, 0.5) is 0 Å². The summed E-state index contributed by atoms with van der Waals surface area (Å²) in [6.07, 6.45) is 3.36. The van der Waals surface area contributed by atoms with Crippen molar-refractivity contribution in [2.75, 3.05) is 13.2 Å². The molecule has 0 amide bonds. The SMILES string of the molecule is C=C(CON1C(C)(C)CCCC1(C)C)C(=O)OCC. The van der Waals surface area contributed by atoms with Gasteiger partial charge in [-0.3, -0.25) is 4.84 Å². The molecule has 0 aromatic rings. The van der Waals surface area contributed by atoms with Gasteiger partial charge in [0, 0.05) is 11.1 Å². The Bertz CT molecular complexity index is 331. The lowest BCUT2D eigenvalue weighted by molar-refractivity contribution is -0.275. The molecule has 0 radical (unpaired) electrons. The molecule has 4 heteroatoms. The highest BCUT2D eigenvalue weighted by Crippen LogP contribution is 2.38. The van der Waals surface area contributed by atoms with E-state index in [9.17, 15) is 4.79 Å². The topological polar surface area (TPSA) is 38.8 Å². The molecule has 1 rings (SSSR count). The van der Waals surface area contributed by atoms with Crippen molar-refractivity contribution in [2.24, 2.45) is 0 Å². The third-order valence-electron chi connectivity index (χ3n) is 3.61.